The van der Waals surface area contributed by atoms with Crippen molar-refractivity contribution in [2.45, 2.75) is 13.3 Å². The smallest absolute Gasteiger partial charge is 0.307 e. The van der Waals surface area contributed by atoms with Gasteiger partial charge in [0.05, 0.1) is 18.4 Å². The molecule has 0 saturated carbocycles. The zero-order valence-corrected chi connectivity index (χ0v) is 15.6. The van der Waals surface area contributed by atoms with Crippen LogP contribution in [0.5, 0.6) is 5.75 Å². The van der Waals surface area contributed by atoms with Crippen LogP contribution in [0, 0.1) is 12.7 Å². The number of ketones is 1. The third-order valence-corrected chi connectivity index (χ3v) is 5.37. The van der Waals surface area contributed by atoms with E-state index in [1.807, 2.05) is 12.1 Å². The molecule has 0 aliphatic heterocycles. The molecule has 0 fully saturated rings. The van der Waals surface area contributed by atoms with Crippen molar-refractivity contribution in [3.8, 4) is 16.2 Å². The molecule has 4 nitrogen and oxygen atoms in total. The molecule has 0 saturated heterocycles. The lowest BCUT2D eigenvalue weighted by Crippen LogP contribution is -2.01. The summed E-state index contributed by atoms with van der Waals surface area (Å²) in [5.41, 5.74) is 2.14. The lowest BCUT2D eigenvalue weighted by atomic mass is 10.0. The molecule has 27 heavy (non-hydrogen) atoms. The van der Waals surface area contributed by atoms with Crippen LogP contribution in [-0.4, -0.2) is 24.0 Å². The average molecular weight is 384 g/mol. The Bertz CT molecular complexity index is 1010. The molecule has 1 N–H and O–H groups in total. The predicted molar refractivity (Wildman–Crippen MR) is 102 cm³/mol. The van der Waals surface area contributed by atoms with Crippen molar-refractivity contribution in [1.82, 2.24) is 0 Å². The molecular weight excluding hydrogens is 367 g/mol. The van der Waals surface area contributed by atoms with Crippen LogP contribution in [0.25, 0.3) is 10.4 Å². The Hall–Kier alpha value is -2.99. The molecule has 0 bridgehead atoms. The van der Waals surface area contributed by atoms with Gasteiger partial charge in [-0.05, 0) is 72.1 Å². The summed E-state index contributed by atoms with van der Waals surface area (Å²) in [6.45, 7) is 1.60. The summed E-state index contributed by atoms with van der Waals surface area (Å²) in [5.74, 6) is -0.912. The van der Waals surface area contributed by atoms with Gasteiger partial charge in [-0.25, -0.2) is 4.39 Å². The fourth-order valence-electron chi connectivity index (χ4n) is 2.75. The number of hydrogen-bond donors (Lipinski definition) is 1. The summed E-state index contributed by atoms with van der Waals surface area (Å²) < 4.78 is 18.6. The normalized spacial score (nSPS) is 10.6. The molecule has 0 spiro atoms. The fourth-order valence-corrected chi connectivity index (χ4v) is 3.90. The molecule has 6 heteroatoms. The topological polar surface area (TPSA) is 63.6 Å². The van der Waals surface area contributed by atoms with Gasteiger partial charge in [-0.15, -0.1) is 11.3 Å². The zero-order chi connectivity index (χ0) is 19.6. The largest absolute Gasteiger partial charge is 0.497 e. The second-order valence-corrected chi connectivity index (χ2v) is 7.11. The Morgan fingerprint density at radius 2 is 1.81 bits per heavy atom. The summed E-state index contributed by atoms with van der Waals surface area (Å²) in [6.07, 6.45) is -0.187. The Labute approximate surface area is 159 Å². The number of ether oxygens (including phenoxy) is 1. The number of benzene rings is 2. The van der Waals surface area contributed by atoms with Gasteiger partial charge in [0.25, 0.3) is 0 Å². The molecule has 2 aromatic carbocycles. The van der Waals surface area contributed by atoms with Crippen LogP contribution in [0.15, 0.2) is 48.5 Å². The first-order chi connectivity index (χ1) is 12.9. The summed E-state index contributed by atoms with van der Waals surface area (Å²) in [6, 6.07) is 13.0. The number of carbonyl (C=O) groups is 2. The van der Waals surface area contributed by atoms with Crippen LogP contribution in [0.3, 0.4) is 0 Å². The monoisotopic (exact) mass is 384 g/mol. The molecular formula is C21H17FO4S. The highest BCUT2D eigenvalue weighted by molar-refractivity contribution is 7.17. The summed E-state index contributed by atoms with van der Waals surface area (Å²) in [7, 11) is 1.57. The molecule has 0 unspecified atom stereocenters. The van der Waals surface area contributed by atoms with E-state index >= 15 is 0 Å². The van der Waals surface area contributed by atoms with Crippen LogP contribution in [0.4, 0.5) is 4.39 Å². The molecule has 0 aliphatic rings. The highest BCUT2D eigenvalue weighted by atomic mass is 32.1. The van der Waals surface area contributed by atoms with E-state index in [0.717, 1.165) is 10.4 Å². The maximum atomic E-state index is 13.5. The molecule has 3 rings (SSSR count). The molecule has 1 aromatic heterocycles. The standard InChI is InChI=1S/C21H17FO4S/c1-12-9-14(5-8-17(12)22)20(25)18-10-15(11-19(23)24)21(27-18)13-3-6-16(26-2)7-4-13/h3-10H,11H2,1-2H3,(H,23,24). The number of hydrogen-bond acceptors (Lipinski definition) is 4. The lowest BCUT2D eigenvalue weighted by Gasteiger charge is -2.04. The van der Waals surface area contributed by atoms with Crippen LogP contribution in [-0.2, 0) is 11.2 Å². The number of carbonyl (C=O) groups excluding carboxylic acids is 1. The molecule has 1 heterocycles. The van der Waals surface area contributed by atoms with Gasteiger partial charge in [-0.1, -0.05) is 0 Å². The van der Waals surface area contributed by atoms with Gasteiger partial charge in [0, 0.05) is 10.4 Å². The Morgan fingerprint density at radius 3 is 2.41 bits per heavy atom. The molecule has 138 valence electrons. The van der Waals surface area contributed by atoms with E-state index in [-0.39, 0.29) is 18.0 Å². The van der Waals surface area contributed by atoms with E-state index in [1.165, 1.54) is 29.5 Å². The summed E-state index contributed by atoms with van der Waals surface area (Å²) >= 11 is 1.23. The highest BCUT2D eigenvalue weighted by Crippen LogP contribution is 2.35. The van der Waals surface area contributed by atoms with Crippen molar-refractivity contribution < 1.29 is 23.8 Å². The third kappa shape index (κ3) is 4.06. The minimum atomic E-state index is -0.973. The van der Waals surface area contributed by atoms with Gasteiger partial charge < -0.3 is 9.84 Å². The Morgan fingerprint density at radius 1 is 1.11 bits per heavy atom. The van der Waals surface area contributed by atoms with E-state index in [1.54, 1.807) is 32.2 Å². The Kier molecular flexibility index (Phi) is 5.37. The number of aryl methyl sites for hydroxylation is 1. The van der Waals surface area contributed by atoms with Crippen molar-refractivity contribution in [3.63, 3.8) is 0 Å². The van der Waals surface area contributed by atoms with Gasteiger partial charge in [0.2, 0.25) is 5.78 Å². The van der Waals surface area contributed by atoms with Crippen LogP contribution < -0.4 is 4.74 Å². The maximum Gasteiger partial charge on any atom is 0.307 e. The quantitative estimate of drug-likeness (QED) is 0.624. The van der Waals surface area contributed by atoms with Crippen molar-refractivity contribution in [2.24, 2.45) is 0 Å². The number of methoxy groups -OCH3 is 1. The maximum absolute atomic E-state index is 13.5. The van der Waals surface area contributed by atoms with Gasteiger partial charge in [0.1, 0.15) is 11.6 Å². The summed E-state index contributed by atoms with van der Waals surface area (Å²) in [4.78, 5) is 25.2. The van der Waals surface area contributed by atoms with Crippen molar-refractivity contribution in [2.75, 3.05) is 7.11 Å². The van der Waals surface area contributed by atoms with Gasteiger partial charge in [-0.2, -0.15) is 0 Å². The van der Waals surface area contributed by atoms with E-state index in [0.29, 0.717) is 27.3 Å². The fraction of sp³-hybridized carbons (Fsp3) is 0.143. The highest BCUT2D eigenvalue weighted by Gasteiger charge is 2.19. The first kappa shape index (κ1) is 18.8. The van der Waals surface area contributed by atoms with Crippen LogP contribution in [0.2, 0.25) is 0 Å². The number of halogens is 1. The van der Waals surface area contributed by atoms with Crippen molar-refractivity contribution >= 4 is 23.1 Å². The number of carboxylic acids is 1. The van der Waals surface area contributed by atoms with E-state index in [9.17, 15) is 19.1 Å². The SMILES string of the molecule is COc1ccc(-c2sc(C(=O)c3ccc(F)c(C)c3)cc2CC(=O)O)cc1. The lowest BCUT2D eigenvalue weighted by molar-refractivity contribution is -0.136. The zero-order valence-electron chi connectivity index (χ0n) is 14.8. The van der Waals surface area contributed by atoms with Gasteiger partial charge in [-0.3, -0.25) is 9.59 Å². The van der Waals surface area contributed by atoms with E-state index in [4.69, 9.17) is 4.74 Å². The molecule has 0 radical (unpaired) electrons. The predicted octanol–water partition coefficient (Wildman–Crippen LogP) is 4.73. The van der Waals surface area contributed by atoms with E-state index in [2.05, 4.69) is 0 Å². The molecule has 0 aliphatic carbocycles. The number of rotatable bonds is 6. The van der Waals surface area contributed by atoms with Crippen LogP contribution >= 0.6 is 11.3 Å². The number of thiophene rings is 1. The molecule has 0 amide bonds. The average Bonchev–Trinajstić information content (AvgIpc) is 3.06. The van der Waals surface area contributed by atoms with Crippen molar-refractivity contribution in [1.29, 1.82) is 0 Å². The minimum absolute atomic E-state index is 0.187. The van der Waals surface area contributed by atoms with Crippen molar-refractivity contribution in [3.05, 3.63) is 75.9 Å². The molecule has 0 atom stereocenters. The summed E-state index contributed by atoms with van der Waals surface area (Å²) in [5, 5.41) is 9.21. The van der Waals surface area contributed by atoms with Crippen LogP contribution in [0.1, 0.15) is 26.4 Å². The number of aliphatic carboxylic acids is 1. The second kappa shape index (κ2) is 7.72. The first-order valence-electron chi connectivity index (χ1n) is 8.19. The Balaban J connectivity index is 2.03. The minimum Gasteiger partial charge on any atom is -0.497 e. The number of carboxylic acid groups (broad SMARTS) is 1. The van der Waals surface area contributed by atoms with E-state index < -0.39 is 5.97 Å². The molecule has 3 aromatic rings. The van der Waals surface area contributed by atoms with Gasteiger partial charge in [0.15, 0.2) is 0 Å². The third-order valence-electron chi connectivity index (χ3n) is 4.15. The first-order valence-corrected chi connectivity index (χ1v) is 9.00. The second-order valence-electron chi connectivity index (χ2n) is 6.06. The van der Waals surface area contributed by atoms with Gasteiger partial charge >= 0.3 is 5.97 Å².